The van der Waals surface area contributed by atoms with E-state index in [2.05, 4.69) is 10.1 Å². The summed E-state index contributed by atoms with van der Waals surface area (Å²) in [5.41, 5.74) is -1.06. The van der Waals surface area contributed by atoms with Gasteiger partial charge in [0.2, 0.25) is 5.89 Å². The topological polar surface area (TPSA) is 110 Å². The van der Waals surface area contributed by atoms with Gasteiger partial charge in [0.05, 0.1) is 5.92 Å². The molecule has 9 heteroatoms. The van der Waals surface area contributed by atoms with Gasteiger partial charge in [0, 0.05) is 27.2 Å². The molecule has 3 rings (SSSR count). The molecule has 1 atom stereocenters. The lowest BCUT2D eigenvalue weighted by atomic mass is 9.97. The van der Waals surface area contributed by atoms with Crippen molar-refractivity contribution in [2.24, 2.45) is 14.1 Å². The lowest BCUT2D eigenvalue weighted by Crippen LogP contribution is -2.45. The number of nitrogens with zero attached hydrogens (tertiary/aromatic N) is 6. The number of aromatic nitrogens is 4. The SMILES string of the molecule is Cc1noc(C2CCCN(c3c(C#N)c(=O)n(C)c(=O)n3C)C2)n1. The first-order valence-electron chi connectivity index (χ1n) is 7.69. The molecule has 1 aliphatic rings. The van der Waals surface area contributed by atoms with Gasteiger partial charge in [0.25, 0.3) is 5.56 Å². The van der Waals surface area contributed by atoms with Crippen molar-refractivity contribution >= 4 is 5.82 Å². The van der Waals surface area contributed by atoms with Crippen molar-refractivity contribution in [1.29, 1.82) is 5.26 Å². The van der Waals surface area contributed by atoms with E-state index in [1.165, 1.54) is 11.6 Å². The molecule has 9 nitrogen and oxygen atoms in total. The second-order valence-electron chi connectivity index (χ2n) is 5.98. The Labute approximate surface area is 137 Å². The largest absolute Gasteiger partial charge is 0.356 e. The maximum atomic E-state index is 12.3. The minimum atomic E-state index is -0.577. The van der Waals surface area contributed by atoms with Crippen molar-refractivity contribution in [3.63, 3.8) is 0 Å². The van der Waals surface area contributed by atoms with Crippen molar-refractivity contribution in [1.82, 2.24) is 19.3 Å². The van der Waals surface area contributed by atoms with Gasteiger partial charge in [0.1, 0.15) is 11.9 Å². The molecule has 0 saturated carbocycles. The van der Waals surface area contributed by atoms with E-state index in [9.17, 15) is 14.9 Å². The van der Waals surface area contributed by atoms with E-state index < -0.39 is 11.2 Å². The summed E-state index contributed by atoms with van der Waals surface area (Å²) in [6, 6.07) is 1.94. The zero-order valence-corrected chi connectivity index (χ0v) is 13.8. The van der Waals surface area contributed by atoms with Gasteiger partial charge in [-0.15, -0.1) is 0 Å². The summed E-state index contributed by atoms with van der Waals surface area (Å²) in [6.45, 7) is 2.92. The van der Waals surface area contributed by atoms with Crippen LogP contribution in [0.15, 0.2) is 14.1 Å². The molecule has 1 unspecified atom stereocenters. The highest BCUT2D eigenvalue weighted by Gasteiger charge is 2.29. The molecule has 1 fully saturated rings. The molecular weight excluding hydrogens is 312 g/mol. The minimum Gasteiger partial charge on any atom is -0.356 e. The molecule has 0 N–H and O–H groups in total. The van der Waals surface area contributed by atoms with Crippen LogP contribution in [0, 0.1) is 18.3 Å². The first-order chi connectivity index (χ1) is 11.4. The number of nitriles is 1. The summed E-state index contributed by atoms with van der Waals surface area (Å²) in [5, 5.41) is 13.2. The smallest absolute Gasteiger partial charge is 0.332 e. The Morgan fingerprint density at radius 2 is 2.04 bits per heavy atom. The number of hydrogen-bond acceptors (Lipinski definition) is 7. The zero-order chi connectivity index (χ0) is 17.4. The van der Waals surface area contributed by atoms with Gasteiger partial charge < -0.3 is 9.42 Å². The summed E-state index contributed by atoms with van der Waals surface area (Å²) in [6.07, 6.45) is 1.71. The third kappa shape index (κ3) is 2.50. The fourth-order valence-electron chi connectivity index (χ4n) is 3.15. The lowest BCUT2D eigenvalue weighted by Gasteiger charge is -2.34. The van der Waals surface area contributed by atoms with Crippen LogP contribution < -0.4 is 16.1 Å². The van der Waals surface area contributed by atoms with Gasteiger partial charge in [0.15, 0.2) is 11.4 Å². The second kappa shape index (κ2) is 5.96. The molecule has 1 saturated heterocycles. The Balaban J connectivity index is 2.05. The van der Waals surface area contributed by atoms with Crippen LogP contribution >= 0.6 is 0 Å². The summed E-state index contributed by atoms with van der Waals surface area (Å²) >= 11 is 0. The number of aryl methyl sites for hydroxylation is 1. The van der Waals surface area contributed by atoms with Crippen LogP contribution in [0.5, 0.6) is 0 Å². The van der Waals surface area contributed by atoms with E-state index in [0.29, 0.717) is 30.6 Å². The summed E-state index contributed by atoms with van der Waals surface area (Å²) in [7, 11) is 2.94. The summed E-state index contributed by atoms with van der Waals surface area (Å²) in [4.78, 5) is 30.6. The standard InChI is InChI=1S/C15H18N6O3/c1-9-17-12(24-18-9)10-5-4-6-21(8-10)13-11(7-16)14(22)20(3)15(23)19(13)2/h10H,4-6,8H2,1-3H3. The van der Waals surface area contributed by atoms with Gasteiger partial charge in [-0.1, -0.05) is 5.16 Å². The molecule has 3 heterocycles. The molecule has 2 aromatic rings. The van der Waals surface area contributed by atoms with Gasteiger partial charge in [-0.2, -0.15) is 10.2 Å². The Hall–Kier alpha value is -2.89. The van der Waals surface area contributed by atoms with Gasteiger partial charge in [-0.3, -0.25) is 13.9 Å². The molecule has 0 aromatic carbocycles. The molecule has 0 amide bonds. The quantitative estimate of drug-likeness (QED) is 0.764. The van der Waals surface area contributed by atoms with Gasteiger partial charge >= 0.3 is 5.69 Å². The van der Waals surface area contributed by atoms with E-state index in [1.54, 1.807) is 14.0 Å². The lowest BCUT2D eigenvalue weighted by molar-refractivity contribution is 0.330. The van der Waals surface area contributed by atoms with Crippen LogP contribution in [0.1, 0.15) is 36.0 Å². The zero-order valence-electron chi connectivity index (χ0n) is 13.8. The molecule has 2 aromatic heterocycles. The molecule has 0 aliphatic carbocycles. The molecule has 24 heavy (non-hydrogen) atoms. The van der Waals surface area contributed by atoms with Gasteiger partial charge in [-0.25, -0.2) is 4.79 Å². The molecular formula is C15H18N6O3. The third-order valence-corrected chi connectivity index (χ3v) is 4.36. The Morgan fingerprint density at radius 3 is 2.67 bits per heavy atom. The van der Waals surface area contributed by atoms with Crippen LogP contribution in [0.4, 0.5) is 5.82 Å². The maximum Gasteiger partial charge on any atom is 0.332 e. The Bertz CT molecular complexity index is 932. The van der Waals surface area contributed by atoms with Crippen molar-refractivity contribution in [3.05, 3.63) is 38.1 Å². The average molecular weight is 330 g/mol. The minimum absolute atomic E-state index is 0.00523. The highest BCUT2D eigenvalue weighted by atomic mass is 16.5. The van der Waals surface area contributed by atoms with Crippen molar-refractivity contribution in [2.75, 3.05) is 18.0 Å². The second-order valence-corrected chi connectivity index (χ2v) is 5.98. The number of hydrogen-bond donors (Lipinski definition) is 0. The highest BCUT2D eigenvalue weighted by molar-refractivity contribution is 5.54. The van der Waals surface area contributed by atoms with E-state index >= 15 is 0 Å². The highest BCUT2D eigenvalue weighted by Crippen LogP contribution is 2.29. The number of rotatable bonds is 2. The fourth-order valence-corrected chi connectivity index (χ4v) is 3.15. The Kier molecular flexibility index (Phi) is 3.97. The molecule has 0 bridgehead atoms. The summed E-state index contributed by atoms with van der Waals surface area (Å²) in [5.74, 6) is 1.47. The van der Waals surface area contributed by atoms with Crippen molar-refractivity contribution in [2.45, 2.75) is 25.7 Å². The Morgan fingerprint density at radius 1 is 1.29 bits per heavy atom. The van der Waals surface area contributed by atoms with Crippen molar-refractivity contribution in [3.8, 4) is 6.07 Å². The molecule has 126 valence electrons. The van der Waals surface area contributed by atoms with Crippen LogP contribution in [-0.4, -0.2) is 32.4 Å². The molecule has 0 spiro atoms. The normalized spacial score (nSPS) is 17.8. The third-order valence-electron chi connectivity index (χ3n) is 4.36. The van der Waals surface area contributed by atoms with Gasteiger partial charge in [-0.05, 0) is 19.8 Å². The van der Waals surface area contributed by atoms with Crippen molar-refractivity contribution < 1.29 is 4.52 Å². The maximum absolute atomic E-state index is 12.3. The van der Waals surface area contributed by atoms with E-state index in [0.717, 1.165) is 17.4 Å². The van der Waals surface area contributed by atoms with Crippen LogP contribution in [-0.2, 0) is 14.1 Å². The number of piperidine rings is 1. The summed E-state index contributed by atoms with van der Waals surface area (Å²) < 4.78 is 7.55. The van der Waals surface area contributed by atoms with E-state index in [-0.39, 0.29) is 11.5 Å². The first-order valence-corrected chi connectivity index (χ1v) is 7.69. The molecule has 1 aliphatic heterocycles. The predicted octanol–water partition coefficient (Wildman–Crippen LogP) is 0.0311. The van der Waals surface area contributed by atoms with Crippen LogP contribution in [0.3, 0.4) is 0 Å². The van der Waals surface area contributed by atoms with Crippen LogP contribution in [0.2, 0.25) is 0 Å². The number of anilines is 1. The predicted molar refractivity (Wildman–Crippen MR) is 84.9 cm³/mol. The van der Waals surface area contributed by atoms with E-state index in [4.69, 9.17) is 4.52 Å². The molecule has 0 radical (unpaired) electrons. The monoisotopic (exact) mass is 330 g/mol. The average Bonchev–Trinajstić information content (AvgIpc) is 3.02. The van der Waals surface area contributed by atoms with E-state index in [1.807, 2.05) is 11.0 Å². The first kappa shape index (κ1) is 16.0. The fraction of sp³-hybridized carbons (Fsp3) is 0.533. The van der Waals surface area contributed by atoms with Crippen LogP contribution in [0.25, 0.3) is 0 Å².